The molecule has 1 aromatic carbocycles. The molecule has 1 unspecified atom stereocenters. The molecular weight excluding hydrogens is 399 g/mol. The summed E-state index contributed by atoms with van der Waals surface area (Å²) in [5, 5.41) is 0. The predicted octanol–water partition coefficient (Wildman–Crippen LogP) is 5.71. The number of aryl methyl sites for hydroxylation is 1. The van der Waals surface area contributed by atoms with E-state index in [0.717, 1.165) is 16.7 Å². The quantitative estimate of drug-likeness (QED) is 0.355. The second-order valence-electron chi connectivity index (χ2n) is 4.40. The first-order valence-electron chi connectivity index (χ1n) is 6.68. The molecular formula is C16H19IO3S. The summed E-state index contributed by atoms with van der Waals surface area (Å²) in [5.41, 5.74) is 2.35. The molecule has 0 radical (unpaired) electrons. The SMILES string of the molecule is CC.Cc1cccc(C(C)(OSI)c2coc(C=O)c2)c1. The zero-order valence-corrected chi connectivity index (χ0v) is 15.5. The minimum atomic E-state index is -0.650. The Morgan fingerprint density at radius 3 is 2.52 bits per heavy atom. The van der Waals surface area contributed by atoms with Crippen molar-refractivity contribution in [2.75, 3.05) is 0 Å². The molecule has 2 rings (SSSR count). The molecule has 2 aromatic rings. The summed E-state index contributed by atoms with van der Waals surface area (Å²) in [6.07, 6.45) is 2.26. The molecule has 0 saturated heterocycles. The van der Waals surface area contributed by atoms with Crippen LogP contribution < -0.4 is 0 Å². The molecule has 1 aromatic heterocycles. The van der Waals surface area contributed by atoms with Crippen LogP contribution in [0.2, 0.25) is 0 Å². The van der Waals surface area contributed by atoms with E-state index in [-0.39, 0.29) is 0 Å². The smallest absolute Gasteiger partial charge is 0.185 e. The maximum Gasteiger partial charge on any atom is 0.185 e. The van der Waals surface area contributed by atoms with Crippen molar-refractivity contribution in [1.82, 2.24) is 0 Å². The van der Waals surface area contributed by atoms with Gasteiger partial charge in [0, 0.05) is 26.8 Å². The van der Waals surface area contributed by atoms with Crippen LogP contribution in [0.4, 0.5) is 0 Å². The van der Waals surface area contributed by atoms with Gasteiger partial charge >= 0.3 is 0 Å². The lowest BCUT2D eigenvalue weighted by atomic mass is 9.89. The van der Waals surface area contributed by atoms with Crippen LogP contribution in [0.25, 0.3) is 0 Å². The second kappa shape index (κ2) is 8.60. The molecule has 0 saturated carbocycles. The lowest BCUT2D eigenvalue weighted by molar-refractivity contribution is 0.110. The summed E-state index contributed by atoms with van der Waals surface area (Å²) >= 11 is 2.09. The van der Waals surface area contributed by atoms with E-state index in [4.69, 9.17) is 8.60 Å². The van der Waals surface area contributed by atoms with E-state index in [1.807, 2.05) is 45.9 Å². The van der Waals surface area contributed by atoms with Gasteiger partial charge in [-0.15, -0.1) is 0 Å². The van der Waals surface area contributed by atoms with Crippen LogP contribution in [0, 0.1) is 6.92 Å². The Bertz CT molecular complexity index is 582. The molecule has 0 aliphatic carbocycles. The van der Waals surface area contributed by atoms with Gasteiger partial charge in [0.1, 0.15) is 5.60 Å². The Morgan fingerprint density at radius 2 is 2.00 bits per heavy atom. The molecule has 5 heteroatoms. The minimum absolute atomic E-state index is 0.302. The fraction of sp³-hybridized carbons (Fsp3) is 0.312. The fourth-order valence-corrected chi connectivity index (χ4v) is 3.33. The minimum Gasteiger partial charge on any atom is -0.461 e. The molecule has 1 atom stereocenters. The van der Waals surface area contributed by atoms with Crippen LogP contribution in [-0.2, 0) is 9.78 Å². The van der Waals surface area contributed by atoms with Crippen LogP contribution in [0.3, 0.4) is 0 Å². The van der Waals surface area contributed by atoms with Crippen molar-refractivity contribution < 1.29 is 13.4 Å². The maximum absolute atomic E-state index is 10.8. The van der Waals surface area contributed by atoms with Crippen LogP contribution in [-0.4, -0.2) is 6.29 Å². The average Bonchev–Trinajstić information content (AvgIpc) is 2.99. The Kier molecular flexibility index (Phi) is 7.48. The molecule has 21 heavy (non-hydrogen) atoms. The third-order valence-corrected chi connectivity index (χ3v) is 3.99. The summed E-state index contributed by atoms with van der Waals surface area (Å²) in [5.74, 6) is 0.302. The third kappa shape index (κ3) is 4.34. The Labute approximate surface area is 142 Å². The summed E-state index contributed by atoms with van der Waals surface area (Å²) in [6.45, 7) is 8.00. The van der Waals surface area contributed by atoms with Gasteiger partial charge in [0.2, 0.25) is 0 Å². The van der Waals surface area contributed by atoms with Crippen molar-refractivity contribution in [2.24, 2.45) is 0 Å². The molecule has 0 aliphatic heterocycles. The Balaban J connectivity index is 0.00000106. The lowest BCUT2D eigenvalue weighted by Gasteiger charge is -2.27. The van der Waals surface area contributed by atoms with E-state index < -0.39 is 5.60 Å². The van der Waals surface area contributed by atoms with Crippen LogP contribution in [0.5, 0.6) is 0 Å². The van der Waals surface area contributed by atoms with Crippen LogP contribution in [0.15, 0.2) is 41.0 Å². The largest absolute Gasteiger partial charge is 0.461 e. The number of carbonyl (C=O) groups excluding carboxylic acids is 1. The van der Waals surface area contributed by atoms with Gasteiger partial charge in [-0.2, -0.15) is 0 Å². The first-order valence-corrected chi connectivity index (χ1v) is 9.96. The van der Waals surface area contributed by atoms with Gasteiger partial charge in [-0.05, 0) is 25.5 Å². The number of halogens is 1. The molecule has 0 spiro atoms. The van der Waals surface area contributed by atoms with Gasteiger partial charge in [0.05, 0.1) is 15.5 Å². The van der Waals surface area contributed by atoms with Crippen LogP contribution >= 0.6 is 30.4 Å². The highest BCUT2D eigenvalue weighted by molar-refractivity contribution is 14.2. The second-order valence-corrected chi connectivity index (χ2v) is 5.78. The molecule has 114 valence electrons. The van der Waals surface area contributed by atoms with E-state index in [2.05, 4.69) is 27.3 Å². The van der Waals surface area contributed by atoms with E-state index >= 15 is 0 Å². The zero-order valence-electron chi connectivity index (χ0n) is 12.6. The van der Waals surface area contributed by atoms with Gasteiger partial charge in [-0.1, -0.05) is 43.7 Å². The molecule has 0 N–H and O–H groups in total. The van der Waals surface area contributed by atoms with Gasteiger partial charge in [0.15, 0.2) is 12.0 Å². The molecule has 1 heterocycles. The highest BCUT2D eigenvalue weighted by atomic mass is 127. The first-order chi connectivity index (χ1) is 10.1. The fourth-order valence-electron chi connectivity index (χ4n) is 1.93. The molecule has 0 fully saturated rings. The molecule has 3 nitrogen and oxygen atoms in total. The van der Waals surface area contributed by atoms with Crippen LogP contribution in [0.1, 0.15) is 48.0 Å². The number of hydrogen-bond donors (Lipinski definition) is 0. The number of furan rings is 1. The summed E-state index contributed by atoms with van der Waals surface area (Å²) in [6, 6.07) is 9.81. The zero-order chi connectivity index (χ0) is 15.9. The standard InChI is InChI=1S/C14H13IO3S.C2H6/c1-10-4-3-5-11(6-10)14(2,18-19-15)12-7-13(8-16)17-9-12;1-2/h3-9H,1-2H3;1-2H3. The maximum atomic E-state index is 10.8. The molecule has 0 aliphatic rings. The number of rotatable bonds is 5. The Morgan fingerprint density at radius 1 is 1.29 bits per heavy atom. The number of carbonyl (C=O) groups is 1. The van der Waals surface area contributed by atoms with Gasteiger partial charge in [-0.25, -0.2) is 0 Å². The highest BCUT2D eigenvalue weighted by Crippen LogP contribution is 2.39. The van der Waals surface area contributed by atoms with Crippen molar-refractivity contribution in [3.05, 3.63) is 59.0 Å². The van der Waals surface area contributed by atoms with Crippen molar-refractivity contribution in [2.45, 2.75) is 33.3 Å². The van der Waals surface area contributed by atoms with E-state index in [9.17, 15) is 4.79 Å². The van der Waals surface area contributed by atoms with Gasteiger partial charge < -0.3 is 4.42 Å². The van der Waals surface area contributed by atoms with Crippen molar-refractivity contribution in [3.63, 3.8) is 0 Å². The third-order valence-electron chi connectivity index (χ3n) is 3.05. The normalized spacial score (nSPS) is 13.0. The molecule has 0 bridgehead atoms. The summed E-state index contributed by atoms with van der Waals surface area (Å²) in [7, 11) is 1.26. The monoisotopic (exact) mass is 418 g/mol. The highest BCUT2D eigenvalue weighted by Gasteiger charge is 2.32. The predicted molar refractivity (Wildman–Crippen MR) is 95.8 cm³/mol. The Hall–Kier alpha value is -0.790. The summed E-state index contributed by atoms with van der Waals surface area (Å²) in [4.78, 5) is 10.8. The first kappa shape index (κ1) is 18.3. The molecule has 0 amide bonds. The topological polar surface area (TPSA) is 39.4 Å². The van der Waals surface area contributed by atoms with Crippen molar-refractivity contribution >= 4 is 36.7 Å². The average molecular weight is 418 g/mol. The number of benzene rings is 1. The lowest BCUT2D eigenvalue weighted by Crippen LogP contribution is -2.24. The summed E-state index contributed by atoms with van der Waals surface area (Å²) < 4.78 is 11.0. The van der Waals surface area contributed by atoms with E-state index in [0.29, 0.717) is 12.0 Å². The van der Waals surface area contributed by atoms with Crippen molar-refractivity contribution in [3.8, 4) is 0 Å². The van der Waals surface area contributed by atoms with E-state index in [1.165, 1.54) is 9.21 Å². The van der Waals surface area contributed by atoms with Gasteiger partial charge in [0.25, 0.3) is 0 Å². The van der Waals surface area contributed by atoms with E-state index in [1.54, 1.807) is 12.3 Å². The number of aldehydes is 1. The number of hydrogen-bond acceptors (Lipinski definition) is 4. The van der Waals surface area contributed by atoms with Crippen molar-refractivity contribution in [1.29, 1.82) is 0 Å². The van der Waals surface area contributed by atoms with Gasteiger partial charge in [-0.3, -0.25) is 8.98 Å².